The van der Waals surface area contributed by atoms with E-state index in [-0.39, 0.29) is 11.9 Å². The highest BCUT2D eigenvalue weighted by Crippen LogP contribution is 2.24. The molecular formula is C15H25FN2. The summed E-state index contributed by atoms with van der Waals surface area (Å²) in [4.78, 5) is 2.34. The lowest BCUT2D eigenvalue weighted by Gasteiger charge is -2.31. The Kier molecular flexibility index (Phi) is 6.30. The number of hydrogen-bond donors (Lipinski definition) is 1. The Labute approximate surface area is 110 Å². The Morgan fingerprint density at radius 1 is 1.33 bits per heavy atom. The Bertz CT molecular complexity index is 366. The van der Waals surface area contributed by atoms with Crippen LogP contribution in [0.25, 0.3) is 0 Å². The van der Waals surface area contributed by atoms with E-state index < -0.39 is 0 Å². The van der Waals surface area contributed by atoms with Gasteiger partial charge in [0.25, 0.3) is 0 Å². The smallest absolute Gasteiger partial charge is 0.123 e. The van der Waals surface area contributed by atoms with Crippen LogP contribution in [0, 0.1) is 12.7 Å². The fraction of sp³-hybridized carbons (Fsp3) is 0.600. The van der Waals surface area contributed by atoms with Crippen molar-refractivity contribution in [1.82, 2.24) is 4.90 Å². The summed E-state index contributed by atoms with van der Waals surface area (Å²) in [5.41, 5.74) is 8.04. The molecule has 0 radical (unpaired) electrons. The topological polar surface area (TPSA) is 29.3 Å². The molecule has 1 atom stereocenters. The van der Waals surface area contributed by atoms with E-state index in [1.807, 2.05) is 13.0 Å². The van der Waals surface area contributed by atoms with Crippen LogP contribution in [0.15, 0.2) is 18.2 Å². The van der Waals surface area contributed by atoms with E-state index in [1.54, 1.807) is 6.07 Å². The Morgan fingerprint density at radius 2 is 2.06 bits per heavy atom. The van der Waals surface area contributed by atoms with Gasteiger partial charge in [0.1, 0.15) is 5.82 Å². The number of aryl methyl sites for hydroxylation is 1. The minimum atomic E-state index is -0.180. The lowest BCUT2D eigenvalue weighted by Crippen LogP contribution is -2.35. The van der Waals surface area contributed by atoms with E-state index in [0.717, 1.165) is 37.1 Å². The highest BCUT2D eigenvalue weighted by Gasteiger charge is 2.19. The molecule has 0 aliphatic rings. The molecule has 1 aromatic rings. The van der Waals surface area contributed by atoms with Gasteiger partial charge >= 0.3 is 0 Å². The van der Waals surface area contributed by atoms with E-state index in [2.05, 4.69) is 18.7 Å². The average Bonchev–Trinajstić information content (AvgIpc) is 2.38. The van der Waals surface area contributed by atoms with Crippen LogP contribution in [0.1, 0.15) is 43.9 Å². The molecule has 0 saturated carbocycles. The summed E-state index contributed by atoms with van der Waals surface area (Å²) in [5.74, 6) is -0.180. The van der Waals surface area contributed by atoms with Crippen LogP contribution in [0.3, 0.4) is 0 Å². The second-order valence-corrected chi connectivity index (χ2v) is 4.73. The highest BCUT2D eigenvalue weighted by atomic mass is 19.1. The summed E-state index contributed by atoms with van der Waals surface area (Å²) >= 11 is 0. The van der Waals surface area contributed by atoms with Gasteiger partial charge in [0.05, 0.1) is 0 Å². The van der Waals surface area contributed by atoms with Crippen molar-refractivity contribution in [3.63, 3.8) is 0 Å². The lowest BCUT2D eigenvalue weighted by atomic mass is 9.99. The molecule has 0 saturated heterocycles. The first-order valence-electron chi connectivity index (χ1n) is 6.84. The van der Waals surface area contributed by atoms with Gasteiger partial charge in [-0.2, -0.15) is 0 Å². The molecule has 0 amide bonds. The second kappa shape index (κ2) is 7.49. The molecule has 0 aromatic heterocycles. The van der Waals surface area contributed by atoms with Crippen LogP contribution in [0.4, 0.5) is 4.39 Å². The maximum Gasteiger partial charge on any atom is 0.123 e. The average molecular weight is 252 g/mol. The largest absolute Gasteiger partial charge is 0.329 e. The van der Waals surface area contributed by atoms with Crippen molar-refractivity contribution in [1.29, 1.82) is 0 Å². The van der Waals surface area contributed by atoms with E-state index in [9.17, 15) is 4.39 Å². The normalized spacial score (nSPS) is 13.0. The first-order valence-corrected chi connectivity index (χ1v) is 6.84. The Morgan fingerprint density at radius 3 is 2.61 bits per heavy atom. The standard InChI is InChI=1S/C15H25FN2/c1-4-6-9-18(5-2)15(11-17)14-10-13(16)8-7-12(14)3/h7-8,10,15H,4-6,9,11,17H2,1-3H3. The molecule has 2 N–H and O–H groups in total. The van der Waals surface area contributed by atoms with Gasteiger partial charge in [-0.3, -0.25) is 4.90 Å². The maximum absolute atomic E-state index is 13.4. The lowest BCUT2D eigenvalue weighted by molar-refractivity contribution is 0.208. The molecule has 2 nitrogen and oxygen atoms in total. The summed E-state index contributed by atoms with van der Waals surface area (Å²) in [6.45, 7) is 8.82. The minimum Gasteiger partial charge on any atom is -0.329 e. The van der Waals surface area contributed by atoms with Crippen LogP contribution in [-0.2, 0) is 0 Å². The third-order valence-corrected chi connectivity index (χ3v) is 3.47. The molecule has 1 rings (SSSR count). The summed E-state index contributed by atoms with van der Waals surface area (Å²) in [7, 11) is 0. The van der Waals surface area contributed by atoms with E-state index in [0.29, 0.717) is 6.54 Å². The van der Waals surface area contributed by atoms with Crippen LogP contribution >= 0.6 is 0 Å². The zero-order chi connectivity index (χ0) is 13.5. The number of nitrogens with two attached hydrogens (primary N) is 1. The van der Waals surface area contributed by atoms with Crippen LogP contribution in [0.5, 0.6) is 0 Å². The summed E-state index contributed by atoms with van der Waals surface area (Å²) in [6.07, 6.45) is 2.31. The molecule has 0 aliphatic heterocycles. The molecule has 0 fully saturated rings. The third-order valence-electron chi connectivity index (χ3n) is 3.47. The molecular weight excluding hydrogens is 227 g/mol. The van der Waals surface area contributed by atoms with Gasteiger partial charge in [-0.25, -0.2) is 4.39 Å². The van der Waals surface area contributed by atoms with Gasteiger partial charge in [-0.15, -0.1) is 0 Å². The van der Waals surface area contributed by atoms with Gasteiger partial charge < -0.3 is 5.73 Å². The quantitative estimate of drug-likeness (QED) is 0.807. The molecule has 1 unspecified atom stereocenters. The number of rotatable bonds is 7. The zero-order valence-corrected chi connectivity index (χ0v) is 11.7. The molecule has 0 spiro atoms. The molecule has 0 bridgehead atoms. The highest BCUT2D eigenvalue weighted by molar-refractivity contribution is 5.30. The van der Waals surface area contributed by atoms with Crippen molar-refractivity contribution in [2.24, 2.45) is 5.73 Å². The van der Waals surface area contributed by atoms with E-state index in [1.165, 1.54) is 6.07 Å². The van der Waals surface area contributed by atoms with Crippen molar-refractivity contribution >= 4 is 0 Å². The minimum absolute atomic E-state index is 0.122. The Hall–Kier alpha value is -0.930. The van der Waals surface area contributed by atoms with Gasteiger partial charge in [0.15, 0.2) is 0 Å². The molecule has 1 aromatic carbocycles. The number of benzene rings is 1. The van der Waals surface area contributed by atoms with E-state index >= 15 is 0 Å². The van der Waals surface area contributed by atoms with Gasteiger partial charge in [0, 0.05) is 12.6 Å². The SMILES string of the molecule is CCCCN(CC)C(CN)c1cc(F)ccc1C. The zero-order valence-electron chi connectivity index (χ0n) is 11.7. The molecule has 0 aliphatic carbocycles. The molecule has 18 heavy (non-hydrogen) atoms. The number of unbranched alkanes of at least 4 members (excludes halogenated alkanes) is 1. The van der Waals surface area contributed by atoms with Crippen molar-refractivity contribution in [2.75, 3.05) is 19.6 Å². The third kappa shape index (κ3) is 3.79. The number of halogens is 1. The van der Waals surface area contributed by atoms with E-state index in [4.69, 9.17) is 5.73 Å². The van der Waals surface area contributed by atoms with Crippen LogP contribution < -0.4 is 5.73 Å². The van der Waals surface area contributed by atoms with Crippen LogP contribution in [0.2, 0.25) is 0 Å². The van der Waals surface area contributed by atoms with Gasteiger partial charge in [-0.05, 0) is 49.7 Å². The first-order chi connectivity index (χ1) is 8.63. The second-order valence-electron chi connectivity index (χ2n) is 4.73. The van der Waals surface area contributed by atoms with Crippen molar-refractivity contribution in [3.05, 3.63) is 35.1 Å². The maximum atomic E-state index is 13.4. The van der Waals surface area contributed by atoms with Crippen LogP contribution in [-0.4, -0.2) is 24.5 Å². The number of hydrogen-bond acceptors (Lipinski definition) is 2. The summed E-state index contributed by atoms with van der Waals surface area (Å²) in [6, 6.07) is 5.09. The van der Waals surface area contributed by atoms with Crippen molar-refractivity contribution in [2.45, 2.75) is 39.7 Å². The Balaban J connectivity index is 2.95. The van der Waals surface area contributed by atoms with Crippen molar-refractivity contribution in [3.8, 4) is 0 Å². The molecule has 0 heterocycles. The summed E-state index contributed by atoms with van der Waals surface area (Å²) in [5, 5.41) is 0. The molecule has 102 valence electrons. The molecule has 3 heteroatoms. The van der Waals surface area contributed by atoms with Gasteiger partial charge in [-0.1, -0.05) is 26.3 Å². The van der Waals surface area contributed by atoms with Crippen molar-refractivity contribution < 1.29 is 4.39 Å². The number of nitrogens with zero attached hydrogens (tertiary/aromatic N) is 1. The monoisotopic (exact) mass is 252 g/mol. The predicted octanol–water partition coefficient (Wildman–Crippen LogP) is 3.26. The van der Waals surface area contributed by atoms with Gasteiger partial charge in [0.2, 0.25) is 0 Å². The number of likely N-dealkylation sites (N-methyl/N-ethyl adjacent to an activating group) is 1. The fourth-order valence-corrected chi connectivity index (χ4v) is 2.34. The summed E-state index contributed by atoms with van der Waals surface area (Å²) < 4.78 is 13.4. The predicted molar refractivity (Wildman–Crippen MR) is 75.1 cm³/mol. The first kappa shape index (κ1) is 15.1. The fourth-order valence-electron chi connectivity index (χ4n) is 2.34.